The van der Waals surface area contributed by atoms with Crippen LogP contribution in [0.1, 0.15) is 49.0 Å². The molecule has 1 aromatic rings. The molecule has 1 aromatic carbocycles. The number of carboxylic acids is 1. The average molecular weight is 360 g/mol. The van der Waals surface area contributed by atoms with E-state index in [4.69, 9.17) is 5.11 Å². The van der Waals surface area contributed by atoms with Crippen molar-refractivity contribution in [1.29, 1.82) is 0 Å². The molecule has 26 heavy (non-hydrogen) atoms. The van der Waals surface area contributed by atoms with Crippen molar-refractivity contribution in [3.63, 3.8) is 0 Å². The number of carboxylic acid groups (broad SMARTS) is 1. The second-order valence-electron chi connectivity index (χ2n) is 7.38. The first-order valence-corrected chi connectivity index (χ1v) is 9.16. The number of hydrogen-bond donors (Lipinski definition) is 2. The second-order valence-corrected chi connectivity index (χ2v) is 7.38. The van der Waals surface area contributed by atoms with Gasteiger partial charge in [0.1, 0.15) is 6.04 Å². The molecule has 6 heteroatoms. The minimum atomic E-state index is -0.791. The van der Waals surface area contributed by atoms with Crippen LogP contribution in [0.4, 0.5) is 0 Å². The Morgan fingerprint density at radius 1 is 1.19 bits per heavy atom. The fourth-order valence-electron chi connectivity index (χ4n) is 3.36. The van der Waals surface area contributed by atoms with Gasteiger partial charge in [0, 0.05) is 25.1 Å². The van der Waals surface area contributed by atoms with Crippen LogP contribution in [0.5, 0.6) is 0 Å². The summed E-state index contributed by atoms with van der Waals surface area (Å²) in [6, 6.07) is 6.72. The summed E-state index contributed by atoms with van der Waals surface area (Å²) in [5, 5.41) is 11.8. The van der Waals surface area contributed by atoms with E-state index in [1.54, 1.807) is 17.0 Å². The number of aliphatic carboxylic acids is 1. The van der Waals surface area contributed by atoms with Crippen LogP contribution >= 0.6 is 0 Å². The topological polar surface area (TPSA) is 86.7 Å². The highest BCUT2D eigenvalue weighted by Gasteiger charge is 2.32. The molecule has 0 aliphatic carbocycles. The number of amides is 2. The lowest BCUT2D eigenvalue weighted by molar-refractivity contribution is -0.139. The van der Waals surface area contributed by atoms with E-state index in [1.165, 1.54) is 0 Å². The summed E-state index contributed by atoms with van der Waals surface area (Å²) in [4.78, 5) is 38.1. The fraction of sp³-hybridized carbons (Fsp3) is 0.550. The fourth-order valence-corrected chi connectivity index (χ4v) is 3.36. The number of nitrogens with zero attached hydrogens (tertiary/aromatic N) is 1. The number of carbonyl (C=O) groups excluding carboxylic acids is 2. The lowest BCUT2D eigenvalue weighted by Gasteiger charge is -2.35. The smallest absolute Gasteiger partial charge is 0.303 e. The third-order valence-electron chi connectivity index (χ3n) is 5.00. The van der Waals surface area contributed by atoms with Gasteiger partial charge in [0.2, 0.25) is 5.91 Å². The molecule has 0 bridgehead atoms. The van der Waals surface area contributed by atoms with Crippen molar-refractivity contribution < 1.29 is 19.5 Å². The van der Waals surface area contributed by atoms with Gasteiger partial charge in [0.05, 0.1) is 0 Å². The molecule has 1 saturated heterocycles. The largest absolute Gasteiger partial charge is 0.481 e. The highest BCUT2D eigenvalue weighted by atomic mass is 16.4. The quantitative estimate of drug-likeness (QED) is 0.816. The number of benzene rings is 1. The third-order valence-corrected chi connectivity index (χ3v) is 5.00. The summed E-state index contributed by atoms with van der Waals surface area (Å²) in [7, 11) is 0. The number of carbonyl (C=O) groups is 3. The Balaban J connectivity index is 2.01. The molecule has 2 amide bonds. The van der Waals surface area contributed by atoms with Gasteiger partial charge in [0.25, 0.3) is 5.91 Å². The van der Waals surface area contributed by atoms with Crippen LogP contribution in [-0.2, 0) is 9.59 Å². The first-order chi connectivity index (χ1) is 12.3. The number of nitrogens with one attached hydrogen (secondary N) is 1. The van der Waals surface area contributed by atoms with E-state index in [-0.39, 0.29) is 30.1 Å². The van der Waals surface area contributed by atoms with Crippen molar-refractivity contribution in [2.75, 3.05) is 13.1 Å². The van der Waals surface area contributed by atoms with Gasteiger partial charge in [-0.3, -0.25) is 14.4 Å². The number of aryl methyl sites for hydroxylation is 1. The molecule has 0 aromatic heterocycles. The van der Waals surface area contributed by atoms with Crippen LogP contribution in [-0.4, -0.2) is 46.9 Å². The van der Waals surface area contributed by atoms with E-state index in [1.807, 2.05) is 32.9 Å². The Hall–Kier alpha value is -2.37. The summed E-state index contributed by atoms with van der Waals surface area (Å²) in [6.45, 7) is 6.78. The van der Waals surface area contributed by atoms with Gasteiger partial charge in [-0.25, -0.2) is 0 Å². The van der Waals surface area contributed by atoms with E-state index >= 15 is 0 Å². The van der Waals surface area contributed by atoms with Crippen LogP contribution in [0.3, 0.4) is 0 Å². The molecule has 142 valence electrons. The molecule has 2 N–H and O–H groups in total. The van der Waals surface area contributed by atoms with Gasteiger partial charge >= 0.3 is 5.97 Å². The zero-order chi connectivity index (χ0) is 19.3. The number of hydrogen-bond acceptors (Lipinski definition) is 3. The van der Waals surface area contributed by atoms with Gasteiger partial charge < -0.3 is 15.3 Å². The Morgan fingerprint density at radius 3 is 2.35 bits per heavy atom. The van der Waals surface area contributed by atoms with Crippen LogP contribution in [0.2, 0.25) is 0 Å². The summed E-state index contributed by atoms with van der Waals surface area (Å²) in [6.07, 6.45) is 1.53. The number of rotatable bonds is 6. The van der Waals surface area contributed by atoms with Crippen molar-refractivity contribution in [2.24, 2.45) is 11.8 Å². The highest BCUT2D eigenvalue weighted by Crippen LogP contribution is 2.22. The maximum absolute atomic E-state index is 12.9. The van der Waals surface area contributed by atoms with Crippen molar-refractivity contribution in [3.05, 3.63) is 35.4 Å². The monoisotopic (exact) mass is 360 g/mol. The van der Waals surface area contributed by atoms with Crippen LogP contribution in [0, 0.1) is 18.8 Å². The lowest BCUT2D eigenvalue weighted by Crippen LogP contribution is -2.53. The molecule has 1 aliphatic heterocycles. The summed E-state index contributed by atoms with van der Waals surface area (Å²) < 4.78 is 0. The van der Waals surface area contributed by atoms with Crippen LogP contribution < -0.4 is 5.32 Å². The summed E-state index contributed by atoms with van der Waals surface area (Å²) >= 11 is 0. The van der Waals surface area contributed by atoms with E-state index < -0.39 is 12.0 Å². The number of likely N-dealkylation sites (tertiary alicyclic amines) is 1. The molecule has 0 radical (unpaired) electrons. The first-order valence-electron chi connectivity index (χ1n) is 9.16. The Labute approximate surface area is 154 Å². The maximum Gasteiger partial charge on any atom is 0.303 e. The predicted molar refractivity (Wildman–Crippen MR) is 98.8 cm³/mol. The average Bonchev–Trinajstić information content (AvgIpc) is 2.59. The Bertz CT molecular complexity index is 664. The Kier molecular flexibility index (Phi) is 6.77. The lowest BCUT2D eigenvalue weighted by atomic mass is 9.92. The SMILES string of the molecule is Cc1ccccc1C(=O)NC(C(=O)N1CCC(CC(=O)O)CC1)C(C)C. The summed E-state index contributed by atoms with van der Waals surface area (Å²) in [5.41, 5.74) is 1.44. The molecule has 1 aliphatic rings. The molecule has 1 heterocycles. The van der Waals surface area contributed by atoms with E-state index in [2.05, 4.69) is 5.32 Å². The second kappa shape index (κ2) is 8.83. The van der Waals surface area contributed by atoms with Gasteiger partial charge in [-0.05, 0) is 43.2 Å². The van der Waals surface area contributed by atoms with E-state index in [0.717, 1.165) is 5.56 Å². The third kappa shape index (κ3) is 5.07. The van der Waals surface area contributed by atoms with Gasteiger partial charge in [0.15, 0.2) is 0 Å². The zero-order valence-corrected chi connectivity index (χ0v) is 15.7. The zero-order valence-electron chi connectivity index (χ0n) is 15.7. The first kappa shape index (κ1) is 19.9. The van der Waals surface area contributed by atoms with Gasteiger partial charge in [-0.15, -0.1) is 0 Å². The Morgan fingerprint density at radius 2 is 1.81 bits per heavy atom. The minimum absolute atomic E-state index is 0.0350. The standard InChI is InChI=1S/C20H28N2O4/c1-13(2)18(21-19(25)16-7-5-4-6-14(16)3)20(26)22-10-8-15(9-11-22)12-17(23)24/h4-7,13,15,18H,8-12H2,1-3H3,(H,21,25)(H,23,24). The normalized spacial score (nSPS) is 16.4. The molecule has 0 saturated carbocycles. The number of piperidine rings is 1. The highest BCUT2D eigenvalue weighted by molar-refractivity contribution is 5.98. The minimum Gasteiger partial charge on any atom is -0.481 e. The molecular weight excluding hydrogens is 332 g/mol. The van der Waals surface area contributed by atoms with Crippen molar-refractivity contribution in [2.45, 2.75) is 46.1 Å². The van der Waals surface area contributed by atoms with E-state index in [9.17, 15) is 14.4 Å². The molecule has 1 unspecified atom stereocenters. The summed E-state index contributed by atoms with van der Waals surface area (Å²) in [5.74, 6) is -1.03. The van der Waals surface area contributed by atoms with Crippen LogP contribution in [0.25, 0.3) is 0 Å². The van der Waals surface area contributed by atoms with Crippen LogP contribution in [0.15, 0.2) is 24.3 Å². The molecule has 1 fully saturated rings. The van der Waals surface area contributed by atoms with Gasteiger partial charge in [-0.2, -0.15) is 0 Å². The van der Waals surface area contributed by atoms with Crippen molar-refractivity contribution >= 4 is 17.8 Å². The molecule has 6 nitrogen and oxygen atoms in total. The molecule has 0 spiro atoms. The molecule has 2 rings (SSSR count). The predicted octanol–water partition coefficient (Wildman–Crippen LogP) is 2.46. The van der Waals surface area contributed by atoms with Crippen molar-refractivity contribution in [3.8, 4) is 0 Å². The molecular formula is C20H28N2O4. The van der Waals surface area contributed by atoms with Gasteiger partial charge in [-0.1, -0.05) is 32.0 Å². The van der Waals surface area contributed by atoms with Crippen molar-refractivity contribution in [1.82, 2.24) is 10.2 Å². The molecule has 1 atom stereocenters. The van der Waals surface area contributed by atoms with E-state index in [0.29, 0.717) is 31.5 Å². The maximum atomic E-state index is 12.9.